The number of likely N-dealkylation sites (tertiary alicyclic amines) is 1. The number of rotatable bonds is 2. The molecular weight excluding hydrogens is 372 g/mol. The smallest absolute Gasteiger partial charge is 0.285 e. The van der Waals surface area contributed by atoms with Crippen molar-refractivity contribution in [3.63, 3.8) is 0 Å². The number of para-hydroxylation sites is 2. The van der Waals surface area contributed by atoms with Crippen LogP contribution in [0.5, 0.6) is 0 Å². The van der Waals surface area contributed by atoms with Gasteiger partial charge in [0.15, 0.2) is 5.84 Å². The fourth-order valence-corrected chi connectivity index (χ4v) is 5.63. The van der Waals surface area contributed by atoms with Crippen LogP contribution in [0.2, 0.25) is 0 Å². The van der Waals surface area contributed by atoms with Gasteiger partial charge in [0.1, 0.15) is 10.7 Å². The molecule has 0 radical (unpaired) electrons. The zero-order chi connectivity index (χ0) is 19.3. The molecule has 1 fully saturated rings. The second kappa shape index (κ2) is 6.44. The van der Waals surface area contributed by atoms with E-state index in [-0.39, 0.29) is 0 Å². The number of nitrogens with zero attached hydrogens (tertiary/aromatic N) is 4. The van der Waals surface area contributed by atoms with E-state index in [2.05, 4.69) is 39.0 Å². The molecule has 144 valence electrons. The summed E-state index contributed by atoms with van der Waals surface area (Å²) in [7, 11) is -3.57. The molecule has 0 unspecified atom stereocenters. The summed E-state index contributed by atoms with van der Waals surface area (Å²) < 4.78 is 31.2. The number of fused-ring (bicyclic) bond motifs is 2. The highest BCUT2D eigenvalue weighted by Gasteiger charge is 2.34. The molecule has 0 atom stereocenters. The molecule has 0 amide bonds. The van der Waals surface area contributed by atoms with E-state index in [0.717, 1.165) is 49.3 Å². The molecule has 28 heavy (non-hydrogen) atoms. The Morgan fingerprint density at radius 2 is 1.75 bits per heavy atom. The first-order valence-electron chi connectivity index (χ1n) is 9.73. The average molecular weight is 395 g/mol. The highest BCUT2D eigenvalue weighted by Crippen LogP contribution is 2.33. The van der Waals surface area contributed by atoms with Gasteiger partial charge >= 0.3 is 0 Å². The molecule has 0 aliphatic carbocycles. The predicted molar refractivity (Wildman–Crippen MR) is 109 cm³/mol. The summed E-state index contributed by atoms with van der Waals surface area (Å²) in [4.78, 5) is 7.23. The molecule has 5 rings (SSSR count). The maximum Gasteiger partial charge on any atom is 0.285 e. The predicted octanol–water partition coefficient (Wildman–Crippen LogP) is 3.38. The van der Waals surface area contributed by atoms with Gasteiger partial charge in [-0.25, -0.2) is 4.98 Å². The van der Waals surface area contributed by atoms with Gasteiger partial charge in [-0.3, -0.25) is 0 Å². The Labute approximate surface area is 164 Å². The Bertz CT molecular complexity index is 1190. The highest BCUT2D eigenvalue weighted by atomic mass is 32.2. The van der Waals surface area contributed by atoms with Gasteiger partial charge in [0.05, 0.1) is 11.0 Å². The van der Waals surface area contributed by atoms with Crippen LogP contribution in [0.15, 0.2) is 57.8 Å². The standard InChI is InChI=1S/C21H22N4O2S/c1-2-20-22-17-8-4-5-9-18(17)25(20)15-11-13-24(14-12-15)21-16-7-3-6-10-19(16)28(26,27)23-21/h3-10,15H,2,11-14H2,1H3. The first-order valence-corrected chi connectivity index (χ1v) is 11.2. The maximum absolute atomic E-state index is 12.4. The van der Waals surface area contributed by atoms with Crippen molar-refractivity contribution in [2.45, 2.75) is 37.1 Å². The molecule has 3 aromatic rings. The maximum atomic E-state index is 12.4. The normalized spacial score (nSPS) is 19.0. The number of amidine groups is 1. The van der Waals surface area contributed by atoms with Crippen molar-refractivity contribution in [3.05, 3.63) is 59.9 Å². The Balaban J connectivity index is 1.43. The number of hydrogen-bond donors (Lipinski definition) is 0. The summed E-state index contributed by atoms with van der Waals surface area (Å²) in [5.41, 5.74) is 2.95. The van der Waals surface area contributed by atoms with E-state index in [1.165, 1.54) is 5.52 Å². The number of aryl methyl sites for hydroxylation is 1. The highest BCUT2D eigenvalue weighted by molar-refractivity contribution is 7.90. The molecule has 6 nitrogen and oxygen atoms in total. The van der Waals surface area contributed by atoms with Crippen LogP contribution in [0.3, 0.4) is 0 Å². The molecule has 0 spiro atoms. The zero-order valence-corrected chi connectivity index (χ0v) is 16.6. The first kappa shape index (κ1) is 17.4. The molecule has 3 heterocycles. The lowest BCUT2D eigenvalue weighted by Gasteiger charge is -2.34. The van der Waals surface area contributed by atoms with Crippen molar-refractivity contribution >= 4 is 26.9 Å². The summed E-state index contributed by atoms with van der Waals surface area (Å²) >= 11 is 0. The number of piperidine rings is 1. The third-order valence-corrected chi connectivity index (χ3v) is 7.05. The van der Waals surface area contributed by atoms with Crippen LogP contribution < -0.4 is 0 Å². The summed E-state index contributed by atoms with van der Waals surface area (Å²) in [6.45, 7) is 3.70. The Morgan fingerprint density at radius 3 is 2.54 bits per heavy atom. The lowest BCUT2D eigenvalue weighted by molar-refractivity contribution is 0.267. The summed E-state index contributed by atoms with van der Waals surface area (Å²) in [5, 5.41) is 0. The van der Waals surface area contributed by atoms with E-state index in [0.29, 0.717) is 16.8 Å². The SMILES string of the molecule is CCc1nc2ccccc2n1C1CCN(C2=NS(=O)(=O)c3ccccc32)CC1. The molecule has 2 aliphatic heterocycles. The van der Waals surface area contributed by atoms with Gasteiger partial charge in [-0.05, 0) is 37.1 Å². The van der Waals surface area contributed by atoms with Crippen molar-refractivity contribution in [2.24, 2.45) is 4.40 Å². The fourth-order valence-electron chi connectivity index (χ4n) is 4.40. The minimum absolute atomic E-state index is 0.320. The van der Waals surface area contributed by atoms with Gasteiger partial charge in [0.2, 0.25) is 0 Å². The molecule has 1 aromatic heterocycles. The van der Waals surface area contributed by atoms with E-state index >= 15 is 0 Å². The summed E-state index contributed by atoms with van der Waals surface area (Å²) in [6.07, 6.45) is 2.77. The van der Waals surface area contributed by atoms with Crippen molar-refractivity contribution in [1.82, 2.24) is 14.5 Å². The van der Waals surface area contributed by atoms with Crippen molar-refractivity contribution in [1.29, 1.82) is 0 Å². The number of sulfonamides is 1. The zero-order valence-electron chi connectivity index (χ0n) is 15.7. The van der Waals surface area contributed by atoms with Gasteiger partial charge < -0.3 is 9.47 Å². The van der Waals surface area contributed by atoms with Crippen LogP contribution >= 0.6 is 0 Å². The molecule has 0 saturated carbocycles. The average Bonchev–Trinajstić information content (AvgIpc) is 3.23. The van der Waals surface area contributed by atoms with E-state index in [1.54, 1.807) is 12.1 Å². The molecule has 0 N–H and O–H groups in total. The number of imidazole rings is 1. The fraction of sp³-hybridized carbons (Fsp3) is 0.333. The van der Waals surface area contributed by atoms with E-state index in [1.807, 2.05) is 18.2 Å². The van der Waals surface area contributed by atoms with Gasteiger partial charge in [-0.2, -0.15) is 8.42 Å². The van der Waals surface area contributed by atoms with E-state index < -0.39 is 10.0 Å². The summed E-state index contributed by atoms with van der Waals surface area (Å²) in [5.74, 6) is 1.71. The quantitative estimate of drug-likeness (QED) is 0.668. The molecule has 7 heteroatoms. The van der Waals surface area contributed by atoms with Crippen molar-refractivity contribution in [3.8, 4) is 0 Å². The number of hydrogen-bond acceptors (Lipinski definition) is 4. The largest absolute Gasteiger partial charge is 0.355 e. The van der Waals surface area contributed by atoms with Crippen molar-refractivity contribution in [2.75, 3.05) is 13.1 Å². The topological polar surface area (TPSA) is 67.6 Å². The van der Waals surface area contributed by atoms with Crippen LogP contribution in [0.1, 0.15) is 37.2 Å². The van der Waals surface area contributed by atoms with E-state index in [9.17, 15) is 8.42 Å². The van der Waals surface area contributed by atoms with Crippen molar-refractivity contribution < 1.29 is 8.42 Å². The first-order chi connectivity index (χ1) is 13.6. The van der Waals surface area contributed by atoms with Crippen LogP contribution in [0.25, 0.3) is 11.0 Å². The minimum Gasteiger partial charge on any atom is -0.355 e. The molecule has 2 aromatic carbocycles. The minimum atomic E-state index is -3.57. The Kier molecular flexibility index (Phi) is 4.01. The lowest BCUT2D eigenvalue weighted by atomic mass is 10.0. The second-order valence-corrected chi connectivity index (χ2v) is 8.92. The number of aromatic nitrogens is 2. The van der Waals surface area contributed by atoms with Crippen LogP contribution in [-0.4, -0.2) is 41.8 Å². The van der Waals surface area contributed by atoms with Crippen LogP contribution in [0, 0.1) is 0 Å². The Hall–Kier alpha value is -2.67. The van der Waals surface area contributed by atoms with E-state index in [4.69, 9.17) is 4.98 Å². The summed E-state index contributed by atoms with van der Waals surface area (Å²) in [6, 6.07) is 15.8. The molecular formula is C21H22N4O2S. The third-order valence-electron chi connectivity index (χ3n) is 5.73. The lowest BCUT2D eigenvalue weighted by Crippen LogP contribution is -2.39. The van der Waals surface area contributed by atoms with Gasteiger partial charge in [0.25, 0.3) is 10.0 Å². The molecule has 2 aliphatic rings. The molecule has 1 saturated heterocycles. The van der Waals surface area contributed by atoms with Gasteiger partial charge in [-0.1, -0.05) is 31.2 Å². The van der Waals surface area contributed by atoms with Gasteiger partial charge in [0, 0.05) is 31.1 Å². The van der Waals surface area contributed by atoms with Gasteiger partial charge in [-0.15, -0.1) is 4.40 Å². The molecule has 0 bridgehead atoms. The second-order valence-electron chi connectivity index (χ2n) is 7.34. The van der Waals surface area contributed by atoms with Crippen LogP contribution in [0.4, 0.5) is 0 Å². The number of benzene rings is 2. The Morgan fingerprint density at radius 1 is 1.04 bits per heavy atom. The third kappa shape index (κ3) is 2.64. The van der Waals surface area contributed by atoms with Crippen LogP contribution in [-0.2, 0) is 16.4 Å². The monoisotopic (exact) mass is 394 g/mol.